The van der Waals surface area contributed by atoms with Crippen LogP contribution in [0.2, 0.25) is 0 Å². The maximum absolute atomic E-state index is 13.6. The fourth-order valence-corrected chi connectivity index (χ4v) is 11.1. The number of nitriles is 2. The quantitative estimate of drug-likeness (QED) is 0.0199. The molecule has 0 spiro atoms. The molecule has 0 saturated heterocycles. The number of ether oxygens (including phenoxy) is 8. The van der Waals surface area contributed by atoms with Crippen molar-refractivity contribution in [2.75, 3.05) is 26.4 Å². The van der Waals surface area contributed by atoms with Gasteiger partial charge in [0.1, 0.15) is 57.1 Å². The highest BCUT2D eigenvalue weighted by molar-refractivity contribution is 5.96. The summed E-state index contributed by atoms with van der Waals surface area (Å²) in [6.07, 6.45) is 22.4. The van der Waals surface area contributed by atoms with E-state index in [1.807, 2.05) is 72.8 Å². The predicted molar refractivity (Wildman–Crippen MR) is 383 cm³/mol. The highest BCUT2D eigenvalue weighted by atomic mass is 16.6. The summed E-state index contributed by atoms with van der Waals surface area (Å²) in [6.45, 7) is 6.59. The summed E-state index contributed by atoms with van der Waals surface area (Å²) in [4.78, 5) is 53.6. The van der Waals surface area contributed by atoms with Crippen LogP contribution in [-0.4, -0.2) is 50.3 Å². The van der Waals surface area contributed by atoms with E-state index >= 15 is 0 Å². The molecule has 0 N–H and O–H groups in total. The van der Waals surface area contributed by atoms with E-state index in [-0.39, 0.29) is 35.5 Å². The third-order valence-electron chi connectivity index (χ3n) is 16.8. The van der Waals surface area contributed by atoms with E-state index in [9.17, 15) is 19.2 Å². The highest BCUT2D eigenvalue weighted by Gasteiger charge is 2.22. The van der Waals surface area contributed by atoms with Crippen molar-refractivity contribution in [2.24, 2.45) is 0 Å². The molecule has 0 atom stereocenters. The summed E-state index contributed by atoms with van der Waals surface area (Å²) < 4.78 is 47.4. The maximum atomic E-state index is 13.6. The topological polar surface area (TPSA) is 190 Å². The zero-order chi connectivity index (χ0) is 68.8. The maximum Gasteiger partial charge on any atom is 0.347 e. The lowest BCUT2D eigenvalue weighted by molar-refractivity contribution is -0.135. The molecule has 0 aliphatic carbocycles. The minimum atomic E-state index is -0.654. The van der Waals surface area contributed by atoms with Gasteiger partial charge in [0.25, 0.3) is 0 Å². The summed E-state index contributed by atoms with van der Waals surface area (Å²) in [5.74, 6) is 1.33. The molecule has 0 aliphatic heterocycles. The molecular formula is C84H92N2O12. The Morgan fingerprint density at radius 2 is 0.541 bits per heavy atom. The van der Waals surface area contributed by atoms with Gasteiger partial charge in [0.2, 0.25) is 0 Å². The molecule has 0 aromatic heterocycles. The van der Waals surface area contributed by atoms with Crippen LogP contribution in [0, 0.1) is 22.7 Å². The number of unbranched alkanes of at least 4 members (excludes halogenated alkanes) is 18. The summed E-state index contributed by atoms with van der Waals surface area (Å²) in [5, 5.41) is 18.3. The van der Waals surface area contributed by atoms with Gasteiger partial charge in [-0.1, -0.05) is 189 Å². The number of esters is 4. The first-order valence-electron chi connectivity index (χ1n) is 35.1. The van der Waals surface area contributed by atoms with Crippen LogP contribution in [0.15, 0.2) is 182 Å². The van der Waals surface area contributed by atoms with Gasteiger partial charge in [0.05, 0.1) is 49.7 Å². The summed E-state index contributed by atoms with van der Waals surface area (Å²) >= 11 is 0. The van der Waals surface area contributed by atoms with Crippen molar-refractivity contribution in [2.45, 2.75) is 168 Å². The van der Waals surface area contributed by atoms with Gasteiger partial charge in [-0.2, -0.15) is 10.5 Å². The summed E-state index contributed by atoms with van der Waals surface area (Å²) in [5.41, 5.74) is 7.20. The van der Waals surface area contributed by atoms with Crippen molar-refractivity contribution in [3.63, 3.8) is 0 Å². The molecule has 0 aliphatic rings. The lowest BCUT2D eigenvalue weighted by Crippen LogP contribution is -2.14. The fourth-order valence-electron chi connectivity index (χ4n) is 11.1. The van der Waals surface area contributed by atoms with Gasteiger partial charge < -0.3 is 37.9 Å². The van der Waals surface area contributed by atoms with Gasteiger partial charge in [-0.05, 0) is 169 Å². The van der Waals surface area contributed by atoms with Gasteiger partial charge in [-0.3, -0.25) is 9.59 Å². The highest BCUT2D eigenvalue weighted by Crippen LogP contribution is 2.33. The van der Waals surface area contributed by atoms with E-state index in [1.165, 1.54) is 38.5 Å². The lowest BCUT2D eigenvalue weighted by atomic mass is 10.0. The summed E-state index contributed by atoms with van der Waals surface area (Å²) in [7, 11) is 0. The minimum absolute atomic E-state index is 0.100. The van der Waals surface area contributed by atoms with Crippen molar-refractivity contribution in [1.29, 1.82) is 10.5 Å². The van der Waals surface area contributed by atoms with Crippen LogP contribution in [0.5, 0.6) is 46.0 Å². The van der Waals surface area contributed by atoms with Gasteiger partial charge in [0, 0.05) is 25.0 Å². The number of carbonyl (C=O) groups excluding carboxylic acids is 4. The van der Waals surface area contributed by atoms with Gasteiger partial charge >= 0.3 is 23.9 Å². The smallest absolute Gasteiger partial charge is 0.347 e. The molecule has 14 nitrogen and oxygen atoms in total. The Hall–Kier alpha value is -10.2. The standard InChI is InChI=1S/C84H92N2O12/c1-3-5-7-9-15-23-57-93-75-51-53-77(83(89)95-73-47-39-69(40-48-73)65-31-27-63(61-85)28-32-65)79(59-75)97-81(87)25-19-13-11-17-21-55-91-71-43-35-67(36-44-71)68-37-45-72(46-38-68)92-56-22-18-12-14-20-26-82(88)98-80-60-76(94-58-24-16-10-8-6-4-2)52-54-78(80)84(90)96-74-49-41-70(42-50-74)66-33-29-64(62-86)30-34-66/h27-54,59-60H,3-26,55-58H2,1-2H3. The van der Waals surface area contributed by atoms with E-state index < -0.39 is 23.9 Å². The van der Waals surface area contributed by atoms with Gasteiger partial charge in [-0.15, -0.1) is 0 Å². The largest absolute Gasteiger partial charge is 0.494 e. The van der Waals surface area contributed by atoms with Gasteiger partial charge in [0.15, 0.2) is 0 Å². The molecule has 0 amide bonds. The Morgan fingerprint density at radius 3 is 0.847 bits per heavy atom. The first kappa shape index (κ1) is 73.6. The van der Waals surface area contributed by atoms with Crippen LogP contribution >= 0.6 is 0 Å². The number of benzene rings is 8. The SMILES string of the molecule is CCCCCCCCOc1ccc(C(=O)Oc2ccc(-c3ccc(C#N)cc3)cc2)c(OC(=O)CCCCCCCOc2ccc(-c3ccc(OCCCCCCCC(=O)Oc4cc(OCCCCCCCC)ccc4C(=O)Oc4ccc(-c5ccc(C#N)cc5)cc4)cc3)cc2)c1. The second-order valence-electron chi connectivity index (χ2n) is 24.5. The van der Waals surface area contributed by atoms with E-state index in [0.717, 1.165) is 135 Å². The molecule has 0 unspecified atom stereocenters. The average Bonchev–Trinajstić information content (AvgIpc) is 0.869. The molecule has 0 heterocycles. The van der Waals surface area contributed by atoms with Gasteiger partial charge in [-0.25, -0.2) is 9.59 Å². The molecular weight excluding hydrogens is 1230 g/mol. The molecule has 0 fully saturated rings. The second kappa shape index (κ2) is 41.7. The number of nitrogens with zero attached hydrogens (tertiary/aromatic N) is 2. The Kier molecular flexibility index (Phi) is 31.3. The number of hydrogen-bond acceptors (Lipinski definition) is 14. The van der Waals surface area contributed by atoms with Crippen LogP contribution in [0.25, 0.3) is 33.4 Å². The normalized spacial score (nSPS) is 10.8. The molecule has 0 saturated carbocycles. The number of carbonyl (C=O) groups is 4. The Balaban J connectivity index is 0.693. The predicted octanol–water partition coefficient (Wildman–Crippen LogP) is 21.0. The van der Waals surface area contributed by atoms with E-state index in [4.69, 9.17) is 48.4 Å². The first-order valence-corrected chi connectivity index (χ1v) is 35.1. The number of rotatable bonds is 43. The van der Waals surface area contributed by atoms with Crippen molar-refractivity contribution in [1.82, 2.24) is 0 Å². The first-order chi connectivity index (χ1) is 48.1. The summed E-state index contributed by atoms with van der Waals surface area (Å²) in [6, 6.07) is 58.9. The van der Waals surface area contributed by atoms with Crippen LogP contribution in [0.1, 0.15) is 200 Å². The van der Waals surface area contributed by atoms with Crippen LogP contribution < -0.4 is 37.9 Å². The molecule has 14 heteroatoms. The van der Waals surface area contributed by atoms with Crippen molar-refractivity contribution in [3.8, 4) is 91.5 Å². The monoisotopic (exact) mass is 1320 g/mol. The van der Waals surface area contributed by atoms with Crippen LogP contribution in [-0.2, 0) is 9.59 Å². The Labute approximate surface area is 578 Å². The molecule has 510 valence electrons. The van der Waals surface area contributed by atoms with E-state index in [1.54, 1.807) is 84.9 Å². The zero-order valence-corrected chi connectivity index (χ0v) is 56.9. The molecule has 0 radical (unpaired) electrons. The second-order valence-corrected chi connectivity index (χ2v) is 24.5. The Morgan fingerprint density at radius 1 is 0.286 bits per heavy atom. The minimum Gasteiger partial charge on any atom is -0.494 e. The molecule has 8 aromatic rings. The number of hydrogen-bond donors (Lipinski definition) is 0. The van der Waals surface area contributed by atoms with E-state index in [2.05, 4.69) is 50.3 Å². The molecule has 98 heavy (non-hydrogen) atoms. The third kappa shape index (κ3) is 25.4. The molecule has 8 rings (SSSR count). The van der Waals surface area contributed by atoms with E-state index in [0.29, 0.717) is 73.4 Å². The van der Waals surface area contributed by atoms with Crippen molar-refractivity contribution < 1.29 is 57.1 Å². The van der Waals surface area contributed by atoms with Crippen molar-refractivity contribution >= 4 is 23.9 Å². The molecule has 0 bridgehead atoms. The zero-order valence-electron chi connectivity index (χ0n) is 56.9. The van der Waals surface area contributed by atoms with Crippen molar-refractivity contribution in [3.05, 3.63) is 204 Å². The van der Waals surface area contributed by atoms with Crippen LogP contribution in [0.4, 0.5) is 0 Å². The average molecular weight is 1320 g/mol. The Bertz CT molecular complexity index is 3560. The molecule has 8 aromatic carbocycles. The van der Waals surface area contributed by atoms with Crippen LogP contribution in [0.3, 0.4) is 0 Å². The fraction of sp³-hybridized carbons (Fsp3) is 0.357. The third-order valence-corrected chi connectivity index (χ3v) is 16.8. The lowest BCUT2D eigenvalue weighted by Gasteiger charge is -2.13.